The number of sulfonamides is 1. The molecule has 4 nitrogen and oxygen atoms in total. The van der Waals surface area contributed by atoms with Gasteiger partial charge in [-0.2, -0.15) is 13.5 Å². The van der Waals surface area contributed by atoms with Gasteiger partial charge in [-0.25, -0.2) is 4.83 Å². The molecule has 5 heteroatoms. The highest BCUT2D eigenvalue weighted by Gasteiger charge is 2.60. The highest BCUT2D eigenvalue weighted by atomic mass is 32.2. The molecule has 0 spiro atoms. The molecule has 1 aromatic rings. The fourth-order valence-corrected chi connectivity index (χ4v) is 10.9. The van der Waals surface area contributed by atoms with E-state index in [1.807, 2.05) is 19.1 Å². The van der Waals surface area contributed by atoms with Crippen molar-refractivity contribution < 1.29 is 8.42 Å². The van der Waals surface area contributed by atoms with Gasteiger partial charge >= 0.3 is 0 Å². The standard InChI is InChI=1S/C34H54N2O2S/c1-23(2)8-7-9-25(4)30-16-17-31-29-15-12-26-22-27(18-20-33(26,5)32(29)19-21-34(30,31)6)35-36-39(37,38)28-13-10-24(3)11-14-28/h10-11,13-14,23,25-26,29-32,36H,7-9,12,15-22H2,1-6H3/b35-27-/t25-,26-,29+,30+,31-,32+,33+,34-/m1/s1. The van der Waals surface area contributed by atoms with E-state index in [1.165, 1.54) is 57.8 Å². The second-order valence-corrected chi connectivity index (χ2v) is 16.6. The Kier molecular flexibility index (Phi) is 8.32. The first-order valence-corrected chi connectivity index (χ1v) is 17.6. The van der Waals surface area contributed by atoms with E-state index in [1.54, 1.807) is 12.1 Å². The first-order chi connectivity index (χ1) is 18.4. The van der Waals surface area contributed by atoms with Crippen LogP contribution in [0.4, 0.5) is 0 Å². The average molecular weight is 555 g/mol. The van der Waals surface area contributed by atoms with Crippen LogP contribution < -0.4 is 4.83 Å². The maximum absolute atomic E-state index is 12.8. The summed E-state index contributed by atoms with van der Waals surface area (Å²) in [6, 6.07) is 6.99. The summed E-state index contributed by atoms with van der Waals surface area (Å²) in [4.78, 5) is 2.85. The summed E-state index contributed by atoms with van der Waals surface area (Å²) in [5, 5.41) is 4.49. The van der Waals surface area contributed by atoms with Crippen LogP contribution >= 0.6 is 0 Å². The van der Waals surface area contributed by atoms with Crippen molar-refractivity contribution in [3.05, 3.63) is 29.8 Å². The van der Waals surface area contributed by atoms with Crippen molar-refractivity contribution in [2.45, 2.75) is 123 Å². The lowest BCUT2D eigenvalue weighted by atomic mass is 9.44. The van der Waals surface area contributed by atoms with Crippen LogP contribution in [0, 0.1) is 59.2 Å². The van der Waals surface area contributed by atoms with Gasteiger partial charge in [-0.05, 0) is 129 Å². The molecule has 0 aromatic heterocycles. The molecule has 0 unspecified atom stereocenters. The number of hydrogen-bond acceptors (Lipinski definition) is 3. The highest BCUT2D eigenvalue weighted by molar-refractivity contribution is 7.89. The average Bonchev–Trinajstić information content (AvgIpc) is 3.25. The molecule has 0 saturated heterocycles. The number of hydrazone groups is 1. The zero-order valence-corrected chi connectivity index (χ0v) is 26.3. The lowest BCUT2D eigenvalue weighted by molar-refractivity contribution is -0.105. The Morgan fingerprint density at radius 3 is 2.36 bits per heavy atom. The van der Waals surface area contributed by atoms with E-state index >= 15 is 0 Å². The van der Waals surface area contributed by atoms with Gasteiger partial charge < -0.3 is 0 Å². The van der Waals surface area contributed by atoms with Gasteiger partial charge in [0, 0.05) is 5.71 Å². The van der Waals surface area contributed by atoms with Gasteiger partial charge in [0.2, 0.25) is 0 Å². The Morgan fingerprint density at radius 2 is 1.64 bits per heavy atom. The smallest absolute Gasteiger partial charge is 0.200 e. The minimum Gasteiger partial charge on any atom is -0.200 e. The third kappa shape index (κ3) is 5.60. The zero-order valence-electron chi connectivity index (χ0n) is 25.5. The Bertz CT molecular complexity index is 1140. The largest absolute Gasteiger partial charge is 0.276 e. The lowest BCUT2D eigenvalue weighted by Gasteiger charge is -2.61. The van der Waals surface area contributed by atoms with Crippen molar-refractivity contribution in [1.29, 1.82) is 0 Å². The molecule has 0 amide bonds. The van der Waals surface area contributed by atoms with Gasteiger partial charge in [-0.3, -0.25) is 0 Å². The molecular formula is C34H54N2O2S. The fraction of sp³-hybridized carbons (Fsp3) is 0.794. The first-order valence-electron chi connectivity index (χ1n) is 16.1. The molecule has 4 fully saturated rings. The van der Waals surface area contributed by atoms with Crippen molar-refractivity contribution in [1.82, 2.24) is 4.83 Å². The molecule has 4 aliphatic carbocycles. The molecule has 0 heterocycles. The van der Waals surface area contributed by atoms with Crippen LogP contribution in [0.2, 0.25) is 0 Å². The second-order valence-electron chi connectivity index (χ2n) is 15.0. The molecule has 218 valence electrons. The molecule has 1 N–H and O–H groups in total. The van der Waals surface area contributed by atoms with Crippen LogP contribution in [-0.2, 0) is 10.0 Å². The summed E-state index contributed by atoms with van der Waals surface area (Å²) in [7, 11) is -3.62. The molecule has 1 aromatic carbocycles. The normalized spacial score (nSPS) is 38.2. The molecule has 39 heavy (non-hydrogen) atoms. The minimum absolute atomic E-state index is 0.285. The van der Waals surface area contributed by atoms with Crippen LogP contribution in [0.1, 0.15) is 117 Å². The van der Waals surface area contributed by atoms with Gasteiger partial charge in [0.15, 0.2) is 0 Å². The van der Waals surface area contributed by atoms with E-state index < -0.39 is 10.0 Å². The van der Waals surface area contributed by atoms with Gasteiger partial charge in [0.05, 0.1) is 4.90 Å². The number of nitrogens with zero attached hydrogens (tertiary/aromatic N) is 1. The van der Waals surface area contributed by atoms with Gasteiger partial charge in [0.25, 0.3) is 10.0 Å². The SMILES string of the molecule is Cc1ccc(S(=O)(=O)N/N=C2/CC[C@@]3(C)[C@H](CC[C@H]4[C@H]5CC[C@@H]([C@H](C)CCCC(C)C)[C@@]5(C)CC[C@@H]43)C2)cc1. The number of aryl methyl sites for hydroxylation is 1. The van der Waals surface area contributed by atoms with Crippen molar-refractivity contribution >= 4 is 15.7 Å². The van der Waals surface area contributed by atoms with E-state index in [0.29, 0.717) is 16.7 Å². The van der Waals surface area contributed by atoms with Gasteiger partial charge in [-0.15, -0.1) is 0 Å². The summed E-state index contributed by atoms with van der Waals surface area (Å²) < 4.78 is 25.6. The molecular weight excluding hydrogens is 500 g/mol. The van der Waals surface area contributed by atoms with E-state index in [9.17, 15) is 8.42 Å². The second kappa shape index (κ2) is 11.1. The number of fused-ring (bicyclic) bond motifs is 5. The predicted molar refractivity (Wildman–Crippen MR) is 162 cm³/mol. The molecule has 4 saturated carbocycles. The number of nitrogens with one attached hydrogen (secondary N) is 1. The quantitative estimate of drug-likeness (QED) is 0.327. The van der Waals surface area contributed by atoms with Gasteiger partial charge in [-0.1, -0.05) is 71.6 Å². The summed E-state index contributed by atoms with van der Waals surface area (Å²) in [5.74, 6) is 5.85. The van der Waals surface area contributed by atoms with Crippen LogP contribution in [0.25, 0.3) is 0 Å². The number of benzene rings is 1. The Hall–Kier alpha value is -1.36. The molecule has 0 radical (unpaired) electrons. The lowest BCUT2D eigenvalue weighted by Crippen LogP contribution is -2.53. The Morgan fingerprint density at radius 1 is 0.923 bits per heavy atom. The van der Waals surface area contributed by atoms with Crippen molar-refractivity contribution in [3.8, 4) is 0 Å². The van der Waals surface area contributed by atoms with E-state index in [-0.39, 0.29) is 4.90 Å². The van der Waals surface area contributed by atoms with Crippen molar-refractivity contribution in [2.24, 2.45) is 57.4 Å². The predicted octanol–water partition coefficient (Wildman–Crippen LogP) is 8.75. The van der Waals surface area contributed by atoms with Crippen molar-refractivity contribution in [3.63, 3.8) is 0 Å². The van der Waals surface area contributed by atoms with Crippen LogP contribution in [0.3, 0.4) is 0 Å². The van der Waals surface area contributed by atoms with Crippen LogP contribution in [0.5, 0.6) is 0 Å². The molecule has 0 bridgehead atoms. The van der Waals surface area contributed by atoms with Gasteiger partial charge in [0.1, 0.15) is 0 Å². The summed E-state index contributed by atoms with van der Waals surface area (Å²) in [5.41, 5.74) is 3.01. The molecule has 0 aliphatic heterocycles. The topological polar surface area (TPSA) is 58.5 Å². The fourth-order valence-electron chi connectivity index (χ4n) is 10.1. The Labute approximate surface area is 239 Å². The highest BCUT2D eigenvalue weighted by Crippen LogP contribution is 2.68. The number of hydrogen-bond donors (Lipinski definition) is 1. The minimum atomic E-state index is -3.62. The zero-order chi connectivity index (χ0) is 28.0. The third-order valence-corrected chi connectivity index (χ3v) is 13.6. The van der Waals surface area contributed by atoms with E-state index in [2.05, 4.69) is 44.6 Å². The van der Waals surface area contributed by atoms with E-state index in [0.717, 1.165) is 66.0 Å². The van der Waals surface area contributed by atoms with E-state index in [4.69, 9.17) is 0 Å². The first kappa shape index (κ1) is 29.1. The third-order valence-electron chi connectivity index (χ3n) is 12.4. The number of rotatable bonds is 8. The monoisotopic (exact) mass is 554 g/mol. The maximum atomic E-state index is 12.8. The molecule has 5 rings (SSSR count). The molecule has 4 aliphatic rings. The van der Waals surface area contributed by atoms with Crippen LogP contribution in [-0.4, -0.2) is 14.1 Å². The maximum Gasteiger partial charge on any atom is 0.276 e. The summed E-state index contributed by atoms with van der Waals surface area (Å²) >= 11 is 0. The Balaban J connectivity index is 1.23. The summed E-state index contributed by atoms with van der Waals surface area (Å²) in [6.07, 6.45) is 15.6. The summed E-state index contributed by atoms with van der Waals surface area (Å²) in [6.45, 7) is 14.5. The molecule has 8 atom stereocenters. The van der Waals surface area contributed by atoms with Crippen molar-refractivity contribution in [2.75, 3.05) is 0 Å². The van der Waals surface area contributed by atoms with Crippen LogP contribution in [0.15, 0.2) is 34.3 Å².